The number of fused-ring (bicyclic) bond motifs is 1. The van der Waals surface area contributed by atoms with E-state index in [2.05, 4.69) is 0 Å². The van der Waals surface area contributed by atoms with Crippen LogP contribution in [0.15, 0.2) is 30.3 Å². The highest BCUT2D eigenvalue weighted by Crippen LogP contribution is 2.35. The maximum atomic E-state index is 12.5. The Balaban J connectivity index is 1.78. The van der Waals surface area contributed by atoms with E-state index < -0.39 is 23.2 Å². The molecule has 0 spiro atoms. The summed E-state index contributed by atoms with van der Waals surface area (Å²) in [4.78, 5) is 35.5. The third-order valence-corrected chi connectivity index (χ3v) is 4.75. The molecule has 1 aliphatic rings. The Kier molecular flexibility index (Phi) is 6.11. The molecule has 0 bridgehead atoms. The molecule has 29 heavy (non-hydrogen) atoms. The number of carbonyl (C=O) groups is 2. The largest absolute Gasteiger partial charge is 0.493 e. The molecule has 0 saturated heterocycles. The number of hydrogen-bond donors (Lipinski definition) is 0. The van der Waals surface area contributed by atoms with Crippen LogP contribution in [0.1, 0.15) is 45.2 Å². The topological polar surface area (TPSA) is 105 Å². The smallest absolute Gasteiger partial charge is 0.345 e. The van der Waals surface area contributed by atoms with Crippen LogP contribution in [0.2, 0.25) is 0 Å². The lowest BCUT2D eigenvalue weighted by atomic mass is 10.0. The van der Waals surface area contributed by atoms with Gasteiger partial charge in [0.15, 0.2) is 23.9 Å². The average molecular weight is 399 g/mol. The third-order valence-electron chi connectivity index (χ3n) is 4.75. The number of nitro benzene ring substituents is 1. The van der Waals surface area contributed by atoms with E-state index in [0.717, 1.165) is 30.9 Å². The van der Waals surface area contributed by atoms with Crippen LogP contribution < -0.4 is 9.47 Å². The van der Waals surface area contributed by atoms with Gasteiger partial charge < -0.3 is 14.2 Å². The quantitative estimate of drug-likeness (QED) is 0.289. The number of rotatable bonds is 8. The Morgan fingerprint density at radius 3 is 2.55 bits per heavy atom. The molecule has 0 heterocycles. The van der Waals surface area contributed by atoms with Crippen molar-refractivity contribution in [2.45, 2.75) is 26.2 Å². The van der Waals surface area contributed by atoms with Crippen molar-refractivity contribution >= 4 is 17.4 Å². The van der Waals surface area contributed by atoms with Gasteiger partial charge in [0.1, 0.15) is 5.56 Å². The van der Waals surface area contributed by atoms with Crippen molar-refractivity contribution in [2.24, 2.45) is 0 Å². The van der Waals surface area contributed by atoms with E-state index in [0.29, 0.717) is 5.56 Å². The van der Waals surface area contributed by atoms with Crippen LogP contribution in [0.25, 0.3) is 0 Å². The number of hydrogen-bond acceptors (Lipinski definition) is 7. The fourth-order valence-electron chi connectivity index (χ4n) is 3.33. The molecular weight excluding hydrogens is 378 g/mol. The van der Waals surface area contributed by atoms with Gasteiger partial charge in [-0.25, -0.2) is 4.79 Å². The summed E-state index contributed by atoms with van der Waals surface area (Å²) in [7, 11) is 1.34. The van der Waals surface area contributed by atoms with Crippen LogP contribution in [0.4, 0.5) is 5.69 Å². The first kappa shape index (κ1) is 20.3. The molecule has 0 fully saturated rings. The maximum Gasteiger partial charge on any atom is 0.345 e. The van der Waals surface area contributed by atoms with E-state index in [-0.39, 0.29) is 29.5 Å². The summed E-state index contributed by atoms with van der Waals surface area (Å²) < 4.78 is 15.5. The number of aryl methyl sites for hydroxylation is 2. The van der Waals surface area contributed by atoms with E-state index in [1.54, 1.807) is 13.0 Å². The highest BCUT2D eigenvalue weighted by Gasteiger charge is 2.26. The van der Waals surface area contributed by atoms with Gasteiger partial charge in [0.25, 0.3) is 5.69 Å². The van der Waals surface area contributed by atoms with Gasteiger partial charge >= 0.3 is 5.97 Å². The van der Waals surface area contributed by atoms with Crippen LogP contribution in [0, 0.1) is 10.1 Å². The zero-order chi connectivity index (χ0) is 21.0. The van der Waals surface area contributed by atoms with Crippen LogP contribution in [-0.2, 0) is 17.6 Å². The summed E-state index contributed by atoms with van der Waals surface area (Å²) in [5, 5.41) is 11.4. The SMILES string of the molecule is CCOc1cc(C(=O)OCC(=O)c2ccc3c(c2)CCC3)c([N+](=O)[O-])cc1OC. The Morgan fingerprint density at radius 2 is 1.86 bits per heavy atom. The van der Waals surface area contributed by atoms with Crippen molar-refractivity contribution in [1.82, 2.24) is 0 Å². The van der Waals surface area contributed by atoms with Crippen LogP contribution in [0.3, 0.4) is 0 Å². The van der Waals surface area contributed by atoms with Gasteiger partial charge in [-0.15, -0.1) is 0 Å². The average Bonchev–Trinajstić information content (AvgIpc) is 3.19. The number of carbonyl (C=O) groups excluding carboxylic acids is 2. The van der Waals surface area contributed by atoms with Gasteiger partial charge in [0.2, 0.25) is 0 Å². The van der Waals surface area contributed by atoms with Gasteiger partial charge in [0.05, 0.1) is 24.7 Å². The van der Waals surface area contributed by atoms with Gasteiger partial charge in [-0.1, -0.05) is 12.1 Å². The number of benzene rings is 2. The molecule has 8 nitrogen and oxygen atoms in total. The predicted octanol–water partition coefficient (Wildman–Crippen LogP) is 3.53. The van der Waals surface area contributed by atoms with E-state index in [1.165, 1.54) is 18.7 Å². The molecule has 152 valence electrons. The summed E-state index contributed by atoms with van der Waals surface area (Å²) >= 11 is 0. The monoisotopic (exact) mass is 399 g/mol. The molecule has 2 aromatic carbocycles. The molecule has 0 aromatic heterocycles. The second-order valence-electron chi connectivity index (χ2n) is 6.55. The van der Waals surface area contributed by atoms with Crippen molar-refractivity contribution in [1.29, 1.82) is 0 Å². The number of nitrogens with zero attached hydrogens (tertiary/aromatic N) is 1. The van der Waals surface area contributed by atoms with Crippen molar-refractivity contribution in [2.75, 3.05) is 20.3 Å². The zero-order valence-electron chi connectivity index (χ0n) is 16.2. The van der Waals surface area contributed by atoms with Crippen LogP contribution in [-0.4, -0.2) is 37.0 Å². The zero-order valence-corrected chi connectivity index (χ0v) is 16.2. The highest BCUT2D eigenvalue weighted by molar-refractivity contribution is 6.00. The molecule has 0 radical (unpaired) electrons. The Labute approximate surface area is 167 Å². The molecule has 1 aliphatic carbocycles. The van der Waals surface area contributed by atoms with Crippen LogP contribution in [0.5, 0.6) is 11.5 Å². The molecule has 3 rings (SSSR count). The minimum Gasteiger partial charge on any atom is -0.493 e. The predicted molar refractivity (Wildman–Crippen MR) is 104 cm³/mol. The third kappa shape index (κ3) is 4.37. The minimum absolute atomic E-state index is 0.129. The number of Topliss-reactive ketones (excluding diaryl/α,β-unsaturated/α-hetero) is 1. The molecule has 8 heteroatoms. The van der Waals surface area contributed by atoms with E-state index in [9.17, 15) is 19.7 Å². The second-order valence-corrected chi connectivity index (χ2v) is 6.55. The summed E-state index contributed by atoms with van der Waals surface area (Å²) in [6, 6.07) is 7.75. The minimum atomic E-state index is -0.977. The summed E-state index contributed by atoms with van der Waals surface area (Å²) in [5.74, 6) is -1.04. The maximum absolute atomic E-state index is 12.5. The standard InChI is InChI=1S/C21H21NO7/c1-3-28-20-10-16(17(22(25)26)11-19(20)27-2)21(24)29-12-18(23)15-8-7-13-5-4-6-14(13)9-15/h7-11H,3-6,12H2,1-2H3. The van der Waals surface area contributed by atoms with Crippen molar-refractivity contribution in [3.8, 4) is 11.5 Å². The highest BCUT2D eigenvalue weighted by atomic mass is 16.6. The summed E-state index contributed by atoms with van der Waals surface area (Å²) in [5.41, 5.74) is 2.03. The molecule has 0 atom stereocenters. The van der Waals surface area contributed by atoms with Gasteiger partial charge in [0, 0.05) is 11.6 Å². The van der Waals surface area contributed by atoms with E-state index in [1.807, 2.05) is 12.1 Å². The molecule has 0 aliphatic heterocycles. The lowest BCUT2D eigenvalue weighted by Gasteiger charge is -2.11. The molecular formula is C21H21NO7. The Hall–Kier alpha value is -3.42. The number of nitro groups is 1. The van der Waals surface area contributed by atoms with E-state index >= 15 is 0 Å². The molecule has 0 unspecified atom stereocenters. The summed E-state index contributed by atoms with van der Waals surface area (Å²) in [6.45, 7) is 1.50. The molecule has 2 aromatic rings. The second kappa shape index (κ2) is 8.72. The first-order valence-electron chi connectivity index (χ1n) is 9.26. The Bertz CT molecular complexity index is 968. The Morgan fingerprint density at radius 1 is 1.10 bits per heavy atom. The fraction of sp³-hybridized carbons (Fsp3) is 0.333. The number of ether oxygens (including phenoxy) is 3. The van der Waals surface area contributed by atoms with Crippen molar-refractivity contribution in [3.05, 3.63) is 62.7 Å². The lowest BCUT2D eigenvalue weighted by molar-refractivity contribution is -0.385. The summed E-state index contributed by atoms with van der Waals surface area (Å²) in [6.07, 6.45) is 2.99. The van der Waals surface area contributed by atoms with Gasteiger partial charge in [-0.3, -0.25) is 14.9 Å². The van der Waals surface area contributed by atoms with Crippen molar-refractivity contribution in [3.63, 3.8) is 0 Å². The first-order chi connectivity index (χ1) is 13.9. The first-order valence-corrected chi connectivity index (χ1v) is 9.26. The number of methoxy groups -OCH3 is 1. The lowest BCUT2D eigenvalue weighted by Crippen LogP contribution is -2.16. The molecule has 0 saturated carbocycles. The van der Waals surface area contributed by atoms with Crippen LogP contribution >= 0.6 is 0 Å². The molecule has 0 amide bonds. The number of esters is 1. The van der Waals surface area contributed by atoms with Gasteiger partial charge in [-0.2, -0.15) is 0 Å². The molecule has 0 N–H and O–H groups in total. The normalized spacial score (nSPS) is 12.2. The van der Waals surface area contributed by atoms with E-state index in [4.69, 9.17) is 14.2 Å². The van der Waals surface area contributed by atoms with Crippen molar-refractivity contribution < 1.29 is 28.7 Å². The number of ketones is 1. The van der Waals surface area contributed by atoms with Gasteiger partial charge in [-0.05, 0) is 43.4 Å². The fourth-order valence-corrected chi connectivity index (χ4v) is 3.33.